The van der Waals surface area contributed by atoms with Crippen molar-refractivity contribution < 1.29 is 22.3 Å². The molecular formula is C13H17F4NO. The summed E-state index contributed by atoms with van der Waals surface area (Å²) in [4.78, 5) is 0. The predicted molar refractivity (Wildman–Crippen MR) is 64.3 cm³/mol. The molecule has 0 saturated carbocycles. The number of rotatable bonds is 6. The second-order valence-corrected chi connectivity index (χ2v) is 4.21. The molecule has 0 aliphatic heterocycles. The summed E-state index contributed by atoms with van der Waals surface area (Å²) in [7, 11) is 3.22. The SMILES string of the molecule is CNC(CCCOC)c1ccc(F)c(C(F)(F)F)c1. The van der Waals surface area contributed by atoms with Gasteiger partial charge in [0.2, 0.25) is 0 Å². The fraction of sp³-hybridized carbons (Fsp3) is 0.538. The Morgan fingerprint density at radius 3 is 2.53 bits per heavy atom. The fourth-order valence-electron chi connectivity index (χ4n) is 1.89. The molecule has 0 aromatic heterocycles. The minimum absolute atomic E-state index is 0.253. The Hall–Kier alpha value is -1.14. The molecule has 1 N–H and O–H groups in total. The Bertz CT molecular complexity index is 406. The Morgan fingerprint density at radius 2 is 2.00 bits per heavy atom. The van der Waals surface area contributed by atoms with Gasteiger partial charge in [-0.05, 0) is 37.6 Å². The molecule has 0 amide bonds. The highest BCUT2D eigenvalue weighted by Gasteiger charge is 2.34. The molecule has 0 heterocycles. The van der Waals surface area contributed by atoms with Crippen molar-refractivity contribution in [2.24, 2.45) is 0 Å². The third-order valence-electron chi connectivity index (χ3n) is 2.89. The Balaban J connectivity index is 2.93. The maximum Gasteiger partial charge on any atom is 0.419 e. The van der Waals surface area contributed by atoms with Gasteiger partial charge in [-0.15, -0.1) is 0 Å². The van der Waals surface area contributed by atoms with Gasteiger partial charge in [-0.1, -0.05) is 6.07 Å². The van der Waals surface area contributed by atoms with Crippen LogP contribution in [-0.2, 0) is 10.9 Å². The van der Waals surface area contributed by atoms with E-state index in [1.54, 1.807) is 14.2 Å². The van der Waals surface area contributed by atoms with Crippen molar-refractivity contribution in [3.63, 3.8) is 0 Å². The van der Waals surface area contributed by atoms with Crippen LogP contribution in [0.1, 0.15) is 30.0 Å². The van der Waals surface area contributed by atoms with Crippen molar-refractivity contribution in [3.8, 4) is 0 Å². The second kappa shape index (κ2) is 6.86. The Labute approximate surface area is 109 Å². The van der Waals surface area contributed by atoms with Gasteiger partial charge in [0, 0.05) is 19.8 Å². The fourth-order valence-corrected chi connectivity index (χ4v) is 1.89. The van der Waals surface area contributed by atoms with Gasteiger partial charge in [-0.25, -0.2) is 4.39 Å². The van der Waals surface area contributed by atoms with Gasteiger partial charge in [0.15, 0.2) is 0 Å². The zero-order chi connectivity index (χ0) is 14.5. The van der Waals surface area contributed by atoms with Gasteiger partial charge in [-0.3, -0.25) is 0 Å². The first kappa shape index (κ1) is 15.9. The van der Waals surface area contributed by atoms with Crippen molar-refractivity contribution in [2.75, 3.05) is 20.8 Å². The molecule has 0 saturated heterocycles. The molecule has 19 heavy (non-hydrogen) atoms. The van der Waals surface area contributed by atoms with Crippen LogP contribution in [0.4, 0.5) is 17.6 Å². The van der Waals surface area contributed by atoms with Crippen molar-refractivity contribution >= 4 is 0 Å². The molecule has 0 radical (unpaired) electrons. The average molecular weight is 279 g/mol. The van der Waals surface area contributed by atoms with Crippen molar-refractivity contribution in [3.05, 3.63) is 35.1 Å². The summed E-state index contributed by atoms with van der Waals surface area (Å²) in [6.07, 6.45) is -3.35. The summed E-state index contributed by atoms with van der Waals surface area (Å²) < 4.78 is 55.9. The molecule has 1 atom stereocenters. The molecule has 0 aliphatic rings. The highest BCUT2D eigenvalue weighted by atomic mass is 19.4. The van der Waals surface area contributed by atoms with Crippen LogP contribution >= 0.6 is 0 Å². The number of benzene rings is 1. The molecule has 108 valence electrons. The maximum absolute atomic E-state index is 13.2. The van der Waals surface area contributed by atoms with Gasteiger partial charge in [0.1, 0.15) is 5.82 Å². The Kier molecular flexibility index (Phi) is 5.75. The zero-order valence-corrected chi connectivity index (χ0v) is 10.9. The maximum atomic E-state index is 13.2. The van der Waals surface area contributed by atoms with E-state index in [1.165, 1.54) is 6.07 Å². The molecule has 1 rings (SSSR count). The highest BCUT2D eigenvalue weighted by Crippen LogP contribution is 2.33. The standard InChI is InChI=1S/C13H17F4NO/c1-18-12(4-3-7-19-2)9-5-6-11(14)10(8-9)13(15,16)17/h5-6,8,12,18H,3-4,7H2,1-2H3. The van der Waals surface area contributed by atoms with Crippen LogP contribution in [0.25, 0.3) is 0 Å². The number of ether oxygens (including phenoxy) is 1. The lowest BCUT2D eigenvalue weighted by atomic mass is 9.99. The van der Waals surface area contributed by atoms with Crippen LogP contribution in [0.2, 0.25) is 0 Å². The highest BCUT2D eigenvalue weighted by molar-refractivity contribution is 5.29. The number of alkyl halides is 3. The topological polar surface area (TPSA) is 21.3 Å². The van der Waals surface area contributed by atoms with Crippen LogP contribution < -0.4 is 5.32 Å². The molecule has 0 spiro atoms. The number of halogens is 4. The molecular weight excluding hydrogens is 262 g/mol. The van der Waals surface area contributed by atoms with E-state index in [0.717, 1.165) is 12.1 Å². The lowest BCUT2D eigenvalue weighted by Crippen LogP contribution is -2.18. The van der Waals surface area contributed by atoms with E-state index in [-0.39, 0.29) is 6.04 Å². The van der Waals surface area contributed by atoms with E-state index < -0.39 is 17.6 Å². The minimum Gasteiger partial charge on any atom is -0.385 e. The van der Waals surface area contributed by atoms with E-state index in [0.29, 0.717) is 25.0 Å². The molecule has 1 unspecified atom stereocenters. The van der Waals surface area contributed by atoms with E-state index in [2.05, 4.69) is 5.32 Å². The summed E-state index contributed by atoms with van der Waals surface area (Å²) in [5.41, 5.74) is -0.802. The molecule has 0 aliphatic carbocycles. The number of nitrogens with one attached hydrogen (secondary N) is 1. The van der Waals surface area contributed by atoms with Crippen molar-refractivity contribution in [1.82, 2.24) is 5.32 Å². The molecule has 0 fully saturated rings. The molecule has 2 nitrogen and oxygen atoms in total. The first-order valence-electron chi connectivity index (χ1n) is 5.93. The quantitative estimate of drug-likeness (QED) is 0.635. The van der Waals surface area contributed by atoms with Crippen molar-refractivity contribution in [2.45, 2.75) is 25.1 Å². The predicted octanol–water partition coefficient (Wildman–Crippen LogP) is 3.53. The molecule has 1 aromatic carbocycles. The minimum atomic E-state index is -4.68. The van der Waals surface area contributed by atoms with Crippen LogP contribution in [0.5, 0.6) is 0 Å². The number of methoxy groups -OCH3 is 1. The second-order valence-electron chi connectivity index (χ2n) is 4.21. The van der Waals surface area contributed by atoms with Crippen LogP contribution in [0, 0.1) is 5.82 Å². The Morgan fingerprint density at radius 1 is 1.32 bits per heavy atom. The summed E-state index contributed by atoms with van der Waals surface area (Å²) in [5.74, 6) is -1.25. The van der Waals surface area contributed by atoms with Gasteiger partial charge in [-0.2, -0.15) is 13.2 Å². The monoisotopic (exact) mass is 279 g/mol. The van der Waals surface area contributed by atoms with Gasteiger partial charge >= 0.3 is 6.18 Å². The normalized spacial score (nSPS) is 13.6. The summed E-state index contributed by atoms with van der Waals surface area (Å²) in [5, 5.41) is 2.93. The van der Waals surface area contributed by atoms with Crippen LogP contribution in [0.15, 0.2) is 18.2 Å². The lowest BCUT2D eigenvalue weighted by molar-refractivity contribution is -0.140. The van der Waals surface area contributed by atoms with E-state index in [1.807, 2.05) is 0 Å². The molecule has 0 bridgehead atoms. The van der Waals surface area contributed by atoms with Crippen LogP contribution in [-0.4, -0.2) is 20.8 Å². The van der Waals surface area contributed by atoms with Gasteiger partial charge in [0.05, 0.1) is 5.56 Å². The van der Waals surface area contributed by atoms with Gasteiger partial charge < -0.3 is 10.1 Å². The largest absolute Gasteiger partial charge is 0.419 e. The van der Waals surface area contributed by atoms with Crippen LogP contribution in [0.3, 0.4) is 0 Å². The summed E-state index contributed by atoms with van der Waals surface area (Å²) >= 11 is 0. The smallest absolute Gasteiger partial charge is 0.385 e. The van der Waals surface area contributed by atoms with E-state index >= 15 is 0 Å². The third kappa shape index (κ3) is 4.47. The van der Waals surface area contributed by atoms with Crippen molar-refractivity contribution in [1.29, 1.82) is 0 Å². The first-order valence-corrected chi connectivity index (χ1v) is 5.93. The average Bonchev–Trinajstić information content (AvgIpc) is 2.34. The summed E-state index contributed by atoms with van der Waals surface area (Å²) in [6.45, 7) is 0.533. The van der Waals surface area contributed by atoms with E-state index in [9.17, 15) is 17.6 Å². The van der Waals surface area contributed by atoms with Gasteiger partial charge in [0.25, 0.3) is 0 Å². The third-order valence-corrected chi connectivity index (χ3v) is 2.89. The summed E-state index contributed by atoms with van der Waals surface area (Å²) in [6, 6.07) is 2.84. The number of hydrogen-bond acceptors (Lipinski definition) is 2. The zero-order valence-electron chi connectivity index (χ0n) is 10.9. The molecule has 1 aromatic rings. The van der Waals surface area contributed by atoms with E-state index in [4.69, 9.17) is 4.74 Å². The number of hydrogen-bond donors (Lipinski definition) is 1. The first-order chi connectivity index (χ1) is 8.90. The lowest BCUT2D eigenvalue weighted by Gasteiger charge is -2.18. The molecule has 6 heteroatoms.